The summed E-state index contributed by atoms with van der Waals surface area (Å²) in [7, 11) is 1.42. The van der Waals surface area contributed by atoms with Crippen LogP contribution in [0.5, 0.6) is 11.5 Å². The van der Waals surface area contributed by atoms with Gasteiger partial charge in [0.05, 0.1) is 24.4 Å². The van der Waals surface area contributed by atoms with Crippen LogP contribution in [0, 0.1) is 6.92 Å². The number of phenolic OH excluding ortho intramolecular Hbond substituents is 1. The van der Waals surface area contributed by atoms with Gasteiger partial charge in [-0.3, -0.25) is 0 Å². The fraction of sp³-hybridized carbons (Fsp3) is 0.571. The van der Waals surface area contributed by atoms with Crippen LogP contribution in [-0.2, 0) is 29.3 Å². The topological polar surface area (TPSA) is 193 Å². The van der Waals surface area contributed by atoms with Crippen molar-refractivity contribution in [2.24, 2.45) is 5.73 Å². The fourth-order valence-electron chi connectivity index (χ4n) is 8.14. The van der Waals surface area contributed by atoms with Gasteiger partial charge >= 0.3 is 5.63 Å². The standard InChI is InChI=1S/C35H41NO12/c1-13-9-10-18-20-21-22(31(40)45-18)26(38)16-7-6-8-17(19(16)27(21)48-35(11-12-35)23(13)20)46-33-30(34(4,41)29(39)15(3)44-33)47-32-24(36)28(42-5)25(37)14(2)43-32/h6-7,9-10,14-15,17,24-25,28-30,32-33,37-39,41H,8,11-12,36H2,1-5H3. The molecule has 1 aromatic heterocycles. The molecule has 48 heavy (non-hydrogen) atoms. The summed E-state index contributed by atoms with van der Waals surface area (Å²) in [6.07, 6.45) is -4.01. The maximum absolute atomic E-state index is 13.4. The van der Waals surface area contributed by atoms with Crippen LogP contribution >= 0.6 is 0 Å². The highest BCUT2D eigenvalue weighted by Gasteiger charge is 2.57. The number of rotatable bonds is 5. The average molecular weight is 668 g/mol. The van der Waals surface area contributed by atoms with Gasteiger partial charge in [-0.1, -0.05) is 18.2 Å². The molecule has 5 aliphatic rings. The van der Waals surface area contributed by atoms with E-state index in [1.807, 2.05) is 13.0 Å². The van der Waals surface area contributed by atoms with E-state index in [2.05, 4.69) is 0 Å². The number of aliphatic hydroxyl groups excluding tert-OH is 2. The summed E-state index contributed by atoms with van der Waals surface area (Å²) in [5, 5.41) is 46.2. The third-order valence-corrected chi connectivity index (χ3v) is 10.9. The highest BCUT2D eigenvalue weighted by Crippen LogP contribution is 2.61. The quantitative estimate of drug-likeness (QED) is 0.197. The van der Waals surface area contributed by atoms with Gasteiger partial charge in [-0.15, -0.1) is 0 Å². The molecule has 2 aliphatic carbocycles. The van der Waals surface area contributed by atoms with Crippen molar-refractivity contribution in [3.05, 3.63) is 50.9 Å². The summed E-state index contributed by atoms with van der Waals surface area (Å²) < 4.78 is 43.1. The van der Waals surface area contributed by atoms with Crippen LogP contribution in [-0.4, -0.2) is 88.4 Å². The number of hydrogen-bond acceptors (Lipinski definition) is 13. The molecule has 2 saturated heterocycles. The Labute approximate surface area is 275 Å². The van der Waals surface area contributed by atoms with Gasteiger partial charge in [-0.05, 0) is 58.6 Å². The van der Waals surface area contributed by atoms with Gasteiger partial charge in [0.1, 0.15) is 58.1 Å². The Morgan fingerprint density at radius 1 is 1.02 bits per heavy atom. The van der Waals surface area contributed by atoms with Crippen molar-refractivity contribution in [2.75, 3.05) is 7.11 Å². The Bertz CT molecular complexity index is 1900. The molecule has 4 heterocycles. The lowest BCUT2D eigenvalue weighted by molar-refractivity contribution is -0.374. The second kappa shape index (κ2) is 10.9. The number of ether oxygens (including phenoxy) is 6. The minimum absolute atomic E-state index is 0.0335. The number of aliphatic hydroxyl groups is 3. The fourth-order valence-corrected chi connectivity index (χ4v) is 8.14. The molecule has 13 heteroatoms. The zero-order valence-corrected chi connectivity index (χ0v) is 27.3. The summed E-state index contributed by atoms with van der Waals surface area (Å²) in [4.78, 5) is 13.4. The summed E-state index contributed by atoms with van der Waals surface area (Å²) in [5.74, 6) is 0.178. The lowest BCUT2D eigenvalue weighted by Gasteiger charge is -2.51. The summed E-state index contributed by atoms with van der Waals surface area (Å²) in [6.45, 7) is 6.68. The number of benzene rings is 2. The molecule has 0 bridgehead atoms. The largest absolute Gasteiger partial charge is 0.506 e. The molecule has 3 fully saturated rings. The summed E-state index contributed by atoms with van der Waals surface area (Å²) >= 11 is 0. The second-order valence-electron chi connectivity index (χ2n) is 14.0. The highest BCUT2D eigenvalue weighted by atomic mass is 16.8. The van der Waals surface area contributed by atoms with Crippen LogP contribution in [0.25, 0.3) is 27.8 Å². The molecule has 3 aromatic rings. The van der Waals surface area contributed by atoms with E-state index in [1.165, 1.54) is 14.0 Å². The van der Waals surface area contributed by atoms with Crippen molar-refractivity contribution in [3.63, 3.8) is 0 Å². The molecule has 1 spiro atoms. The number of hydrogen-bond donors (Lipinski definition) is 5. The second-order valence-corrected chi connectivity index (χ2v) is 14.0. The Hall–Kier alpha value is -3.11. The number of aryl methyl sites for hydroxylation is 1. The van der Waals surface area contributed by atoms with E-state index in [-0.39, 0.29) is 11.1 Å². The summed E-state index contributed by atoms with van der Waals surface area (Å²) in [6, 6.07) is 2.72. The maximum Gasteiger partial charge on any atom is 0.348 e. The van der Waals surface area contributed by atoms with Crippen molar-refractivity contribution in [2.45, 2.75) is 120 Å². The normalized spacial score (nSPS) is 38.0. The molecule has 258 valence electrons. The SMILES string of the molecule is COC1C(N)C(OC2C(OC3CC=Cc4c3c3c5c(c4O)c(=O)oc4ccc(C)c(c45)C4(CC4)O3)OC(C)C(O)C2(C)O)OC(C)C1O. The van der Waals surface area contributed by atoms with E-state index in [4.69, 9.17) is 38.6 Å². The first-order valence-electron chi connectivity index (χ1n) is 16.4. The van der Waals surface area contributed by atoms with E-state index in [1.54, 1.807) is 32.1 Å². The lowest BCUT2D eigenvalue weighted by atomic mass is 9.84. The van der Waals surface area contributed by atoms with Gasteiger partial charge in [0.25, 0.3) is 0 Å². The zero-order chi connectivity index (χ0) is 34.0. The first kappa shape index (κ1) is 32.1. The Kier molecular flexibility index (Phi) is 7.32. The molecule has 0 radical (unpaired) electrons. The van der Waals surface area contributed by atoms with Gasteiger partial charge in [-0.25, -0.2) is 4.79 Å². The smallest absolute Gasteiger partial charge is 0.348 e. The van der Waals surface area contributed by atoms with Crippen molar-refractivity contribution >= 4 is 27.8 Å². The first-order valence-corrected chi connectivity index (χ1v) is 16.4. The Morgan fingerprint density at radius 3 is 2.46 bits per heavy atom. The molecular weight excluding hydrogens is 626 g/mol. The number of nitrogens with two attached hydrogens (primary N) is 1. The molecule has 1 saturated carbocycles. The van der Waals surface area contributed by atoms with Crippen LogP contribution in [0.1, 0.15) is 68.4 Å². The Balaban J connectivity index is 1.24. The molecule has 3 aliphatic heterocycles. The molecule has 13 nitrogen and oxygen atoms in total. The van der Waals surface area contributed by atoms with Crippen molar-refractivity contribution in [1.29, 1.82) is 0 Å². The third-order valence-electron chi connectivity index (χ3n) is 10.9. The van der Waals surface area contributed by atoms with Crippen LogP contribution in [0.2, 0.25) is 0 Å². The molecule has 6 N–H and O–H groups in total. The monoisotopic (exact) mass is 667 g/mol. The first-order chi connectivity index (χ1) is 22.8. The highest BCUT2D eigenvalue weighted by molar-refractivity contribution is 6.14. The van der Waals surface area contributed by atoms with E-state index in [0.717, 1.165) is 29.4 Å². The van der Waals surface area contributed by atoms with E-state index < -0.39 is 78.2 Å². The maximum atomic E-state index is 13.4. The molecule has 0 amide bonds. The van der Waals surface area contributed by atoms with Crippen molar-refractivity contribution < 1.29 is 53.3 Å². The summed E-state index contributed by atoms with van der Waals surface area (Å²) in [5.41, 5.74) is 6.45. The average Bonchev–Trinajstić information content (AvgIpc) is 3.81. The molecular formula is C35H41NO12. The Morgan fingerprint density at radius 2 is 1.75 bits per heavy atom. The number of phenols is 1. The van der Waals surface area contributed by atoms with Crippen LogP contribution in [0.4, 0.5) is 0 Å². The molecule has 2 aromatic carbocycles. The molecule has 11 atom stereocenters. The number of fused-ring (bicyclic) bond motifs is 3. The minimum Gasteiger partial charge on any atom is -0.506 e. The van der Waals surface area contributed by atoms with E-state index >= 15 is 0 Å². The third kappa shape index (κ3) is 4.46. The van der Waals surface area contributed by atoms with E-state index in [0.29, 0.717) is 34.3 Å². The van der Waals surface area contributed by atoms with Crippen LogP contribution in [0.3, 0.4) is 0 Å². The van der Waals surface area contributed by atoms with Gasteiger partial charge in [-0.2, -0.15) is 0 Å². The van der Waals surface area contributed by atoms with E-state index in [9.17, 15) is 25.2 Å². The van der Waals surface area contributed by atoms with Crippen LogP contribution < -0.4 is 16.1 Å². The lowest BCUT2D eigenvalue weighted by Crippen LogP contribution is -2.69. The van der Waals surface area contributed by atoms with Gasteiger partial charge < -0.3 is 59.0 Å². The number of aromatic hydroxyl groups is 1. The predicted octanol–water partition coefficient (Wildman–Crippen LogP) is 2.51. The van der Waals surface area contributed by atoms with Crippen molar-refractivity contribution in [1.82, 2.24) is 0 Å². The van der Waals surface area contributed by atoms with Gasteiger partial charge in [0.2, 0.25) is 0 Å². The van der Waals surface area contributed by atoms with Gasteiger partial charge in [0.15, 0.2) is 12.6 Å². The predicted molar refractivity (Wildman–Crippen MR) is 170 cm³/mol. The van der Waals surface area contributed by atoms with Crippen molar-refractivity contribution in [3.8, 4) is 11.5 Å². The molecule has 11 unspecified atom stereocenters. The molecule has 8 rings (SSSR count). The van der Waals surface area contributed by atoms with Crippen LogP contribution in [0.15, 0.2) is 27.4 Å². The minimum atomic E-state index is -1.91. The van der Waals surface area contributed by atoms with Gasteiger partial charge in [0, 0.05) is 34.6 Å². The zero-order valence-electron chi connectivity index (χ0n) is 27.3. The number of methoxy groups -OCH3 is 1.